The molecule has 0 atom stereocenters. The van der Waals surface area contributed by atoms with Crippen LogP contribution >= 0.6 is 0 Å². The summed E-state index contributed by atoms with van der Waals surface area (Å²) in [5.41, 5.74) is -0.874. The second-order valence-electron chi connectivity index (χ2n) is 2.92. The van der Waals surface area contributed by atoms with Gasteiger partial charge in [-0.25, -0.2) is 4.79 Å². The van der Waals surface area contributed by atoms with Gasteiger partial charge in [0.15, 0.2) is 0 Å². The number of rotatable bonds is 1. The highest BCUT2D eigenvalue weighted by molar-refractivity contribution is 5.48. The number of nitrogens with one attached hydrogen (secondary N) is 2. The molecule has 1 aromatic rings. The lowest BCUT2D eigenvalue weighted by Gasteiger charge is -2.07. The van der Waals surface area contributed by atoms with E-state index in [2.05, 4.69) is 10.3 Å². The molecule has 0 saturated heterocycles. The van der Waals surface area contributed by atoms with Gasteiger partial charge in [0.1, 0.15) is 5.82 Å². The van der Waals surface area contributed by atoms with Crippen LogP contribution in [0.5, 0.6) is 0 Å². The molecule has 0 spiro atoms. The molecule has 1 aliphatic rings. The lowest BCUT2D eigenvalue weighted by molar-refractivity contribution is 0.871. The number of H-pyrrole nitrogens is 1. The van der Waals surface area contributed by atoms with Gasteiger partial charge >= 0.3 is 5.69 Å². The van der Waals surface area contributed by atoms with Crippen LogP contribution in [-0.2, 0) is 0 Å². The van der Waals surface area contributed by atoms with E-state index in [1.165, 1.54) is 16.8 Å². The van der Waals surface area contributed by atoms with E-state index in [0.717, 1.165) is 0 Å². The van der Waals surface area contributed by atoms with Crippen molar-refractivity contribution < 1.29 is 0 Å². The van der Waals surface area contributed by atoms with Crippen LogP contribution in [0.25, 0.3) is 5.82 Å². The highest BCUT2D eigenvalue weighted by Gasteiger charge is 2.01. The summed E-state index contributed by atoms with van der Waals surface area (Å²) in [5.74, 6) is 0.584. The molecule has 1 aliphatic heterocycles. The SMILES string of the molecule is O=c1ccn(C2=CC=CC=CN2)c(=O)[nH]1. The fourth-order valence-electron chi connectivity index (χ4n) is 1.20. The Morgan fingerprint density at radius 3 is 2.80 bits per heavy atom. The summed E-state index contributed by atoms with van der Waals surface area (Å²) in [6.45, 7) is 0. The molecular formula is C10H9N3O2. The lowest BCUT2D eigenvalue weighted by Crippen LogP contribution is -2.30. The lowest BCUT2D eigenvalue weighted by atomic mass is 10.4. The Kier molecular flexibility index (Phi) is 2.37. The number of aromatic nitrogens is 2. The number of allylic oxidation sites excluding steroid dienone is 4. The smallest absolute Gasteiger partial charge is 0.334 e. The molecule has 2 rings (SSSR count). The quantitative estimate of drug-likeness (QED) is 0.675. The Bertz CT molecular complexity index is 561. The molecule has 0 unspecified atom stereocenters. The Balaban J connectivity index is 2.50. The van der Waals surface area contributed by atoms with Gasteiger partial charge in [-0.05, 0) is 12.2 Å². The molecule has 2 heterocycles. The molecule has 0 aliphatic carbocycles. The van der Waals surface area contributed by atoms with Crippen molar-refractivity contribution in [3.63, 3.8) is 0 Å². The average Bonchev–Trinajstić information content (AvgIpc) is 2.46. The standard InChI is InChI=1S/C10H9N3O2/c14-9-5-7-13(10(15)12-9)8-4-2-1-3-6-11-8/h1-7,11H,(H,12,14,15). The van der Waals surface area contributed by atoms with Gasteiger partial charge in [0.05, 0.1) is 0 Å². The van der Waals surface area contributed by atoms with Crippen LogP contribution in [0.4, 0.5) is 0 Å². The van der Waals surface area contributed by atoms with E-state index >= 15 is 0 Å². The van der Waals surface area contributed by atoms with E-state index in [-0.39, 0.29) is 0 Å². The molecule has 0 bridgehead atoms. The molecule has 0 amide bonds. The third-order valence-corrected chi connectivity index (χ3v) is 1.89. The molecule has 76 valence electrons. The second kappa shape index (κ2) is 3.83. The van der Waals surface area contributed by atoms with Crippen molar-refractivity contribution in [1.82, 2.24) is 14.9 Å². The zero-order valence-electron chi connectivity index (χ0n) is 7.81. The first kappa shape index (κ1) is 9.26. The first-order chi connectivity index (χ1) is 7.27. The van der Waals surface area contributed by atoms with Gasteiger partial charge in [-0.15, -0.1) is 0 Å². The Labute approximate surface area is 85.1 Å². The van der Waals surface area contributed by atoms with E-state index in [9.17, 15) is 9.59 Å². The maximum Gasteiger partial charge on any atom is 0.334 e. The van der Waals surface area contributed by atoms with Gasteiger partial charge in [0.2, 0.25) is 0 Å². The summed E-state index contributed by atoms with van der Waals surface area (Å²) >= 11 is 0. The van der Waals surface area contributed by atoms with Gasteiger partial charge in [-0.2, -0.15) is 0 Å². The number of aromatic amines is 1. The summed E-state index contributed by atoms with van der Waals surface area (Å²) in [6.07, 6.45) is 10.3. The average molecular weight is 203 g/mol. The van der Waals surface area contributed by atoms with Crippen molar-refractivity contribution in [2.24, 2.45) is 0 Å². The number of hydrogen-bond donors (Lipinski definition) is 2. The minimum atomic E-state index is -0.468. The Morgan fingerprint density at radius 1 is 1.13 bits per heavy atom. The fraction of sp³-hybridized carbons (Fsp3) is 0. The summed E-state index contributed by atoms with van der Waals surface area (Å²) in [5, 5.41) is 2.92. The van der Waals surface area contributed by atoms with Crippen molar-refractivity contribution >= 4 is 5.82 Å². The molecule has 0 saturated carbocycles. The van der Waals surface area contributed by atoms with Crippen molar-refractivity contribution in [1.29, 1.82) is 0 Å². The van der Waals surface area contributed by atoms with Crippen LogP contribution in [0.1, 0.15) is 0 Å². The van der Waals surface area contributed by atoms with Gasteiger partial charge in [0, 0.05) is 18.5 Å². The van der Waals surface area contributed by atoms with E-state index in [0.29, 0.717) is 5.82 Å². The maximum atomic E-state index is 11.4. The number of hydrogen-bond acceptors (Lipinski definition) is 3. The molecule has 15 heavy (non-hydrogen) atoms. The van der Waals surface area contributed by atoms with Gasteiger partial charge in [-0.1, -0.05) is 12.2 Å². The highest BCUT2D eigenvalue weighted by atomic mass is 16.2. The first-order valence-electron chi connectivity index (χ1n) is 4.40. The second-order valence-corrected chi connectivity index (χ2v) is 2.92. The predicted molar refractivity (Wildman–Crippen MR) is 57.0 cm³/mol. The molecule has 0 radical (unpaired) electrons. The van der Waals surface area contributed by atoms with E-state index in [1.54, 1.807) is 24.4 Å². The number of nitrogens with zero attached hydrogens (tertiary/aromatic N) is 1. The van der Waals surface area contributed by atoms with Crippen molar-refractivity contribution in [2.75, 3.05) is 0 Å². The molecule has 5 heteroatoms. The molecule has 0 fully saturated rings. The monoisotopic (exact) mass is 203 g/mol. The Hall–Kier alpha value is -2.30. The summed E-state index contributed by atoms with van der Waals surface area (Å²) < 4.78 is 1.32. The van der Waals surface area contributed by atoms with Gasteiger partial charge in [0.25, 0.3) is 5.56 Å². The normalized spacial score (nSPS) is 14.3. The van der Waals surface area contributed by atoms with Crippen molar-refractivity contribution in [3.05, 3.63) is 63.6 Å². The fourth-order valence-corrected chi connectivity index (χ4v) is 1.20. The summed E-state index contributed by atoms with van der Waals surface area (Å²) in [7, 11) is 0. The van der Waals surface area contributed by atoms with Crippen LogP contribution < -0.4 is 16.6 Å². The molecule has 2 N–H and O–H groups in total. The van der Waals surface area contributed by atoms with Crippen molar-refractivity contribution in [3.8, 4) is 0 Å². The highest BCUT2D eigenvalue weighted by Crippen LogP contribution is 1.98. The largest absolute Gasteiger partial charge is 0.348 e. The van der Waals surface area contributed by atoms with Crippen LogP contribution in [0.15, 0.2) is 52.4 Å². The minimum Gasteiger partial charge on any atom is -0.348 e. The van der Waals surface area contributed by atoms with Crippen LogP contribution in [0, 0.1) is 0 Å². The molecule has 5 nitrogen and oxygen atoms in total. The van der Waals surface area contributed by atoms with E-state index in [4.69, 9.17) is 0 Å². The zero-order chi connectivity index (χ0) is 10.7. The predicted octanol–water partition coefficient (Wildman–Crippen LogP) is 0.00810. The third-order valence-electron chi connectivity index (χ3n) is 1.89. The van der Waals surface area contributed by atoms with Crippen LogP contribution in [0.2, 0.25) is 0 Å². The van der Waals surface area contributed by atoms with Crippen molar-refractivity contribution in [2.45, 2.75) is 0 Å². The molecular weight excluding hydrogens is 194 g/mol. The zero-order valence-corrected chi connectivity index (χ0v) is 7.81. The maximum absolute atomic E-state index is 11.4. The summed E-state index contributed by atoms with van der Waals surface area (Å²) in [4.78, 5) is 24.5. The van der Waals surface area contributed by atoms with Gasteiger partial charge in [-0.3, -0.25) is 14.3 Å². The first-order valence-corrected chi connectivity index (χ1v) is 4.40. The Morgan fingerprint density at radius 2 is 2.00 bits per heavy atom. The molecule has 0 aromatic carbocycles. The summed E-state index contributed by atoms with van der Waals surface area (Å²) in [6, 6.07) is 1.29. The topological polar surface area (TPSA) is 66.9 Å². The third kappa shape index (κ3) is 1.96. The van der Waals surface area contributed by atoms with Gasteiger partial charge < -0.3 is 5.32 Å². The van der Waals surface area contributed by atoms with Crippen LogP contribution in [-0.4, -0.2) is 9.55 Å². The van der Waals surface area contributed by atoms with E-state index in [1.807, 2.05) is 6.08 Å². The van der Waals surface area contributed by atoms with Crippen LogP contribution in [0.3, 0.4) is 0 Å². The molecule has 1 aromatic heterocycles. The minimum absolute atomic E-state index is 0.406. The van der Waals surface area contributed by atoms with E-state index < -0.39 is 11.2 Å².